The number of nitrogens with zero attached hydrogens (tertiary/aromatic N) is 3. The molecule has 0 unspecified atom stereocenters. The molecule has 0 spiro atoms. The first-order valence-corrected chi connectivity index (χ1v) is 6.59. The van der Waals surface area contributed by atoms with Gasteiger partial charge >= 0.3 is 0 Å². The Labute approximate surface area is 118 Å². The smallest absolute Gasteiger partial charge is 0.0947 e. The van der Waals surface area contributed by atoms with E-state index in [-0.39, 0.29) is 0 Å². The highest BCUT2D eigenvalue weighted by molar-refractivity contribution is 5.65. The average Bonchev–Trinajstić information content (AvgIpc) is 2.98. The van der Waals surface area contributed by atoms with Gasteiger partial charge in [0.1, 0.15) is 0 Å². The van der Waals surface area contributed by atoms with Crippen LogP contribution in [0.3, 0.4) is 0 Å². The van der Waals surface area contributed by atoms with Gasteiger partial charge in [-0.3, -0.25) is 0 Å². The molecule has 0 aliphatic heterocycles. The molecule has 3 rings (SSSR count). The summed E-state index contributed by atoms with van der Waals surface area (Å²) in [6.45, 7) is 0.816. The van der Waals surface area contributed by atoms with Crippen LogP contribution in [0, 0.1) is 0 Å². The van der Waals surface area contributed by atoms with Gasteiger partial charge in [0.25, 0.3) is 0 Å². The molecule has 1 heterocycles. The van der Waals surface area contributed by atoms with Gasteiger partial charge < -0.3 is 5.32 Å². The summed E-state index contributed by atoms with van der Waals surface area (Å²) in [5.74, 6) is 0. The van der Waals surface area contributed by atoms with Crippen LogP contribution in [0.1, 0.15) is 5.56 Å². The summed E-state index contributed by atoms with van der Waals surface area (Å²) in [5, 5.41) is 11.5. The van der Waals surface area contributed by atoms with Crippen molar-refractivity contribution in [3.8, 4) is 16.9 Å². The van der Waals surface area contributed by atoms with E-state index in [2.05, 4.69) is 27.8 Å². The Balaban J connectivity index is 2.11. The molecular weight excluding hydrogens is 248 g/mol. The Morgan fingerprint density at radius 1 is 1.00 bits per heavy atom. The topological polar surface area (TPSA) is 42.7 Å². The van der Waals surface area contributed by atoms with E-state index in [1.165, 1.54) is 5.56 Å². The average molecular weight is 264 g/mol. The maximum Gasteiger partial charge on any atom is 0.0947 e. The predicted octanol–water partition coefficient (Wildman–Crippen LogP) is 2.65. The van der Waals surface area contributed by atoms with E-state index in [9.17, 15) is 0 Å². The number of nitrogens with one attached hydrogen (secondary N) is 1. The van der Waals surface area contributed by atoms with E-state index >= 15 is 0 Å². The normalized spacial score (nSPS) is 10.7. The maximum atomic E-state index is 4.21. The van der Waals surface area contributed by atoms with Crippen LogP contribution in [0.15, 0.2) is 60.8 Å². The summed E-state index contributed by atoms with van der Waals surface area (Å²) in [6, 6.07) is 18.4. The van der Waals surface area contributed by atoms with Crippen molar-refractivity contribution in [2.45, 2.75) is 6.54 Å². The van der Waals surface area contributed by atoms with Crippen molar-refractivity contribution in [3.63, 3.8) is 0 Å². The summed E-state index contributed by atoms with van der Waals surface area (Å²) in [5.41, 5.74) is 4.39. The number of hydrogen-bond donors (Lipinski definition) is 1. The molecule has 3 aromatic rings. The molecular formula is C16H16N4. The fraction of sp³-hybridized carbons (Fsp3) is 0.125. The number of para-hydroxylation sites is 1. The third-order valence-electron chi connectivity index (χ3n) is 3.21. The molecule has 4 heteroatoms. The Kier molecular flexibility index (Phi) is 3.56. The molecule has 0 saturated heterocycles. The Morgan fingerprint density at radius 2 is 1.75 bits per heavy atom. The first-order valence-electron chi connectivity index (χ1n) is 6.59. The number of benzene rings is 2. The lowest BCUT2D eigenvalue weighted by molar-refractivity contribution is 0.799. The van der Waals surface area contributed by atoms with Crippen molar-refractivity contribution in [1.82, 2.24) is 20.3 Å². The highest BCUT2D eigenvalue weighted by atomic mass is 15.4. The summed E-state index contributed by atoms with van der Waals surface area (Å²) in [4.78, 5) is 0. The van der Waals surface area contributed by atoms with Crippen molar-refractivity contribution in [1.29, 1.82) is 0 Å². The van der Waals surface area contributed by atoms with Gasteiger partial charge in [0.2, 0.25) is 0 Å². The zero-order valence-electron chi connectivity index (χ0n) is 11.3. The highest BCUT2D eigenvalue weighted by Gasteiger charge is 2.11. The van der Waals surface area contributed by atoms with Crippen LogP contribution in [0.25, 0.3) is 16.9 Å². The largest absolute Gasteiger partial charge is 0.316 e. The Morgan fingerprint density at radius 3 is 2.55 bits per heavy atom. The molecule has 0 bridgehead atoms. The molecule has 0 amide bonds. The van der Waals surface area contributed by atoms with Crippen molar-refractivity contribution in [2.75, 3.05) is 7.05 Å². The fourth-order valence-corrected chi connectivity index (χ4v) is 2.29. The van der Waals surface area contributed by atoms with Crippen LogP contribution in [0.5, 0.6) is 0 Å². The van der Waals surface area contributed by atoms with Gasteiger partial charge in [-0.1, -0.05) is 47.7 Å². The van der Waals surface area contributed by atoms with Crippen LogP contribution in [-0.4, -0.2) is 22.0 Å². The van der Waals surface area contributed by atoms with Crippen LogP contribution >= 0.6 is 0 Å². The molecule has 0 fully saturated rings. The van der Waals surface area contributed by atoms with Crippen LogP contribution in [-0.2, 0) is 6.54 Å². The summed E-state index contributed by atoms with van der Waals surface area (Å²) in [7, 11) is 1.95. The van der Waals surface area contributed by atoms with Crippen molar-refractivity contribution in [2.24, 2.45) is 0 Å². The van der Waals surface area contributed by atoms with Gasteiger partial charge in [-0.05, 0) is 24.7 Å². The van der Waals surface area contributed by atoms with E-state index < -0.39 is 0 Å². The van der Waals surface area contributed by atoms with Crippen molar-refractivity contribution in [3.05, 3.63) is 66.4 Å². The molecule has 0 atom stereocenters. The van der Waals surface area contributed by atoms with E-state index in [0.717, 1.165) is 23.5 Å². The molecule has 0 aliphatic carbocycles. The molecule has 100 valence electrons. The molecule has 1 N–H and O–H groups in total. The van der Waals surface area contributed by atoms with E-state index in [1.807, 2.05) is 60.4 Å². The standard InChI is InChI=1S/C16H16N4/c1-17-11-13-7-5-6-10-15(13)16-12-18-19-20(16)14-8-3-2-4-9-14/h2-10,12,17H,11H2,1H3. The lowest BCUT2D eigenvalue weighted by Crippen LogP contribution is -2.07. The molecule has 0 radical (unpaired) electrons. The highest BCUT2D eigenvalue weighted by Crippen LogP contribution is 2.24. The molecule has 2 aromatic carbocycles. The predicted molar refractivity (Wildman–Crippen MR) is 79.6 cm³/mol. The van der Waals surface area contributed by atoms with Gasteiger partial charge in [-0.25, -0.2) is 4.68 Å². The quantitative estimate of drug-likeness (QED) is 0.787. The SMILES string of the molecule is CNCc1ccccc1-c1cnnn1-c1ccccc1. The second-order valence-electron chi connectivity index (χ2n) is 4.55. The number of rotatable bonds is 4. The monoisotopic (exact) mass is 264 g/mol. The van der Waals surface area contributed by atoms with Crippen LogP contribution < -0.4 is 5.32 Å². The zero-order chi connectivity index (χ0) is 13.8. The lowest BCUT2D eigenvalue weighted by Gasteiger charge is -2.10. The number of hydrogen-bond acceptors (Lipinski definition) is 3. The van der Waals surface area contributed by atoms with E-state index in [0.29, 0.717) is 0 Å². The molecule has 0 aliphatic rings. The third kappa shape index (κ3) is 2.33. The third-order valence-corrected chi connectivity index (χ3v) is 3.21. The van der Waals surface area contributed by atoms with Gasteiger partial charge in [0.15, 0.2) is 0 Å². The Bertz CT molecular complexity index is 688. The van der Waals surface area contributed by atoms with E-state index in [1.54, 1.807) is 0 Å². The van der Waals surface area contributed by atoms with Crippen LogP contribution in [0.2, 0.25) is 0 Å². The van der Waals surface area contributed by atoms with Crippen LogP contribution in [0.4, 0.5) is 0 Å². The number of aromatic nitrogens is 3. The first-order chi connectivity index (χ1) is 9.90. The summed E-state index contributed by atoms with van der Waals surface area (Å²) >= 11 is 0. The minimum absolute atomic E-state index is 0.816. The maximum absolute atomic E-state index is 4.21. The summed E-state index contributed by atoms with van der Waals surface area (Å²) < 4.78 is 1.87. The summed E-state index contributed by atoms with van der Waals surface area (Å²) in [6.07, 6.45) is 1.81. The van der Waals surface area contributed by atoms with Gasteiger partial charge in [-0.2, -0.15) is 0 Å². The molecule has 4 nitrogen and oxygen atoms in total. The minimum Gasteiger partial charge on any atom is -0.316 e. The van der Waals surface area contributed by atoms with Gasteiger partial charge in [0, 0.05) is 12.1 Å². The first kappa shape index (κ1) is 12.6. The van der Waals surface area contributed by atoms with Crippen molar-refractivity contribution >= 4 is 0 Å². The second-order valence-corrected chi connectivity index (χ2v) is 4.55. The fourth-order valence-electron chi connectivity index (χ4n) is 2.29. The molecule has 20 heavy (non-hydrogen) atoms. The molecule has 1 aromatic heterocycles. The van der Waals surface area contributed by atoms with Gasteiger partial charge in [0.05, 0.1) is 17.6 Å². The second kappa shape index (κ2) is 5.67. The molecule has 0 saturated carbocycles. The lowest BCUT2D eigenvalue weighted by atomic mass is 10.0. The minimum atomic E-state index is 0.816. The van der Waals surface area contributed by atoms with Crippen molar-refractivity contribution < 1.29 is 0 Å². The van der Waals surface area contributed by atoms with Gasteiger partial charge in [-0.15, -0.1) is 5.10 Å². The zero-order valence-corrected chi connectivity index (χ0v) is 11.3. The van der Waals surface area contributed by atoms with E-state index in [4.69, 9.17) is 0 Å². The Hall–Kier alpha value is -2.46.